The fraction of sp³-hybridized carbons (Fsp3) is 0.348. The van der Waals surface area contributed by atoms with Crippen molar-refractivity contribution in [3.05, 3.63) is 65.9 Å². The molecular weight excluding hydrogens is 334 g/mol. The summed E-state index contributed by atoms with van der Waals surface area (Å²) < 4.78 is 0. The molecule has 1 aromatic heterocycles. The number of nitrogens with zero attached hydrogens (tertiary/aromatic N) is 1. The minimum atomic E-state index is 0.126. The Labute approximate surface area is 160 Å². The van der Waals surface area contributed by atoms with Crippen LogP contribution in [0.1, 0.15) is 36.3 Å². The number of nitrogens with one attached hydrogen (secondary N) is 2. The molecular formula is C23H27N3O. The smallest absolute Gasteiger partial charge is 0.223 e. The Bertz CT molecular complexity index is 922. The van der Waals surface area contributed by atoms with Crippen molar-refractivity contribution in [3.63, 3.8) is 0 Å². The highest BCUT2D eigenvalue weighted by Crippen LogP contribution is 2.32. The van der Waals surface area contributed by atoms with E-state index in [-0.39, 0.29) is 17.7 Å². The molecule has 2 N–H and O–H groups in total. The molecule has 1 aliphatic rings. The Hall–Kier alpha value is -2.75. The molecule has 0 spiro atoms. The molecule has 0 radical (unpaired) electrons. The fourth-order valence-electron chi connectivity index (χ4n) is 3.81. The van der Waals surface area contributed by atoms with Crippen molar-refractivity contribution in [2.45, 2.75) is 25.2 Å². The van der Waals surface area contributed by atoms with Crippen LogP contribution in [-0.4, -0.2) is 31.5 Å². The average Bonchev–Trinajstić information content (AvgIpc) is 3.05. The van der Waals surface area contributed by atoms with Crippen LogP contribution in [0.25, 0.3) is 10.9 Å². The highest BCUT2D eigenvalue weighted by molar-refractivity contribution is 5.84. The van der Waals surface area contributed by atoms with Gasteiger partial charge in [0.05, 0.1) is 0 Å². The summed E-state index contributed by atoms with van der Waals surface area (Å²) in [4.78, 5) is 17.9. The lowest BCUT2D eigenvalue weighted by atomic mass is 9.84. The normalized spacial score (nSPS) is 15.3. The van der Waals surface area contributed by atoms with Gasteiger partial charge in [-0.05, 0) is 42.2 Å². The number of aromatic nitrogens is 1. The Morgan fingerprint density at radius 1 is 1.15 bits per heavy atom. The molecule has 27 heavy (non-hydrogen) atoms. The maximum atomic E-state index is 12.4. The summed E-state index contributed by atoms with van der Waals surface area (Å²) in [5, 5.41) is 4.43. The van der Waals surface area contributed by atoms with E-state index in [2.05, 4.69) is 63.9 Å². The number of carbonyl (C=O) groups excluding carboxylic acids is 1. The van der Waals surface area contributed by atoms with Crippen LogP contribution in [0.3, 0.4) is 0 Å². The number of rotatable bonds is 6. The first-order valence-electron chi connectivity index (χ1n) is 9.74. The summed E-state index contributed by atoms with van der Waals surface area (Å²) in [6, 6.07) is 17.0. The summed E-state index contributed by atoms with van der Waals surface area (Å²) in [5.74, 6) is 0.544. The first-order valence-corrected chi connectivity index (χ1v) is 9.74. The summed E-state index contributed by atoms with van der Waals surface area (Å²) in [6.45, 7) is 0.624. The Morgan fingerprint density at radius 3 is 2.56 bits per heavy atom. The van der Waals surface area contributed by atoms with E-state index in [1.54, 1.807) is 0 Å². The molecule has 140 valence electrons. The zero-order valence-electron chi connectivity index (χ0n) is 16.0. The van der Waals surface area contributed by atoms with Gasteiger partial charge in [0.25, 0.3) is 0 Å². The molecule has 1 aliphatic carbocycles. The highest BCUT2D eigenvalue weighted by atomic mass is 16.1. The van der Waals surface area contributed by atoms with Gasteiger partial charge in [-0.25, -0.2) is 0 Å². The topological polar surface area (TPSA) is 48.1 Å². The number of hydrogen-bond acceptors (Lipinski definition) is 2. The van der Waals surface area contributed by atoms with E-state index in [0.717, 1.165) is 18.4 Å². The van der Waals surface area contributed by atoms with Gasteiger partial charge in [0, 0.05) is 55.3 Å². The molecule has 4 rings (SSSR count). The molecule has 3 aromatic rings. The second kappa shape index (κ2) is 7.47. The summed E-state index contributed by atoms with van der Waals surface area (Å²) >= 11 is 0. The molecule has 0 bridgehead atoms. The van der Waals surface area contributed by atoms with E-state index in [0.29, 0.717) is 6.54 Å². The Morgan fingerprint density at radius 2 is 1.89 bits per heavy atom. The fourth-order valence-corrected chi connectivity index (χ4v) is 3.81. The lowest BCUT2D eigenvalue weighted by Gasteiger charge is -2.26. The Kier molecular flexibility index (Phi) is 4.88. The van der Waals surface area contributed by atoms with Crippen molar-refractivity contribution in [3.8, 4) is 0 Å². The van der Waals surface area contributed by atoms with Crippen LogP contribution in [0.5, 0.6) is 0 Å². The van der Waals surface area contributed by atoms with E-state index < -0.39 is 0 Å². The van der Waals surface area contributed by atoms with Gasteiger partial charge >= 0.3 is 0 Å². The van der Waals surface area contributed by atoms with Crippen LogP contribution in [0.4, 0.5) is 5.69 Å². The van der Waals surface area contributed by atoms with Gasteiger partial charge in [-0.3, -0.25) is 4.79 Å². The molecule has 1 saturated carbocycles. The molecule has 0 unspecified atom stereocenters. The first-order chi connectivity index (χ1) is 13.1. The van der Waals surface area contributed by atoms with E-state index >= 15 is 0 Å². The third kappa shape index (κ3) is 3.57. The van der Waals surface area contributed by atoms with Crippen molar-refractivity contribution >= 4 is 22.5 Å². The van der Waals surface area contributed by atoms with Crippen LogP contribution in [0, 0.1) is 5.92 Å². The van der Waals surface area contributed by atoms with Gasteiger partial charge in [0.2, 0.25) is 5.91 Å². The first kappa shape index (κ1) is 17.7. The number of aromatic amines is 1. The van der Waals surface area contributed by atoms with E-state index in [1.807, 2.05) is 20.2 Å². The maximum Gasteiger partial charge on any atom is 0.223 e. The summed E-state index contributed by atoms with van der Waals surface area (Å²) in [6.07, 6.45) is 5.32. The molecule has 1 amide bonds. The number of amides is 1. The number of carbonyl (C=O) groups is 1. The zero-order valence-corrected chi connectivity index (χ0v) is 16.0. The molecule has 1 atom stereocenters. The van der Waals surface area contributed by atoms with Gasteiger partial charge in [-0.2, -0.15) is 0 Å². The van der Waals surface area contributed by atoms with Crippen molar-refractivity contribution < 1.29 is 4.79 Å². The third-order valence-electron chi connectivity index (χ3n) is 5.76. The predicted octanol–water partition coefficient (Wildman–Crippen LogP) is 4.28. The van der Waals surface area contributed by atoms with Crippen LogP contribution in [0.2, 0.25) is 0 Å². The van der Waals surface area contributed by atoms with Gasteiger partial charge in [-0.15, -0.1) is 0 Å². The molecule has 4 heteroatoms. The number of benzene rings is 2. The number of fused-ring (bicyclic) bond motifs is 1. The molecule has 2 aromatic carbocycles. The SMILES string of the molecule is CN(C)c1ccc([C@@H](CNC(=O)C2CCC2)c2c[nH]c3ccccc23)cc1. The third-order valence-corrected chi connectivity index (χ3v) is 5.76. The van der Waals surface area contributed by atoms with Crippen molar-refractivity contribution in [2.75, 3.05) is 25.5 Å². The lowest BCUT2D eigenvalue weighted by molar-refractivity contribution is -0.127. The molecule has 4 nitrogen and oxygen atoms in total. The van der Waals surface area contributed by atoms with Crippen LogP contribution in [0.15, 0.2) is 54.7 Å². The largest absolute Gasteiger partial charge is 0.378 e. The second-order valence-corrected chi connectivity index (χ2v) is 7.70. The van der Waals surface area contributed by atoms with Gasteiger partial charge in [-0.1, -0.05) is 36.8 Å². The molecule has 0 aliphatic heterocycles. The van der Waals surface area contributed by atoms with Gasteiger partial charge in [0.1, 0.15) is 0 Å². The Balaban J connectivity index is 1.64. The van der Waals surface area contributed by atoms with Crippen molar-refractivity contribution in [2.24, 2.45) is 5.92 Å². The van der Waals surface area contributed by atoms with Gasteiger partial charge in [0.15, 0.2) is 0 Å². The monoisotopic (exact) mass is 361 g/mol. The standard InChI is InChI=1S/C23H27N3O/c1-26(2)18-12-10-16(11-13-18)20(14-25-23(27)17-6-5-7-17)21-15-24-22-9-4-3-8-19(21)22/h3-4,8-13,15,17,20,24H,5-7,14H2,1-2H3,(H,25,27)/t20-/m1/s1. The minimum absolute atomic E-state index is 0.126. The zero-order chi connectivity index (χ0) is 18.8. The van der Waals surface area contributed by atoms with Crippen molar-refractivity contribution in [1.29, 1.82) is 0 Å². The summed E-state index contributed by atoms with van der Waals surface area (Å²) in [7, 11) is 4.09. The van der Waals surface area contributed by atoms with Crippen molar-refractivity contribution in [1.82, 2.24) is 10.3 Å². The predicted molar refractivity (Wildman–Crippen MR) is 111 cm³/mol. The van der Waals surface area contributed by atoms with E-state index in [1.165, 1.54) is 28.6 Å². The summed E-state index contributed by atoms with van der Waals surface area (Å²) in [5.41, 5.74) is 4.76. The number of hydrogen-bond donors (Lipinski definition) is 2. The lowest BCUT2D eigenvalue weighted by Crippen LogP contribution is -2.36. The average molecular weight is 361 g/mol. The van der Waals surface area contributed by atoms with E-state index in [4.69, 9.17) is 0 Å². The number of para-hydroxylation sites is 1. The quantitative estimate of drug-likeness (QED) is 0.688. The van der Waals surface area contributed by atoms with E-state index in [9.17, 15) is 4.79 Å². The van der Waals surface area contributed by atoms with Gasteiger partial charge < -0.3 is 15.2 Å². The number of H-pyrrole nitrogens is 1. The highest BCUT2D eigenvalue weighted by Gasteiger charge is 2.26. The van der Waals surface area contributed by atoms with Crippen LogP contribution < -0.4 is 10.2 Å². The number of anilines is 1. The van der Waals surface area contributed by atoms with Crippen LogP contribution >= 0.6 is 0 Å². The molecule has 1 heterocycles. The molecule has 0 saturated heterocycles. The second-order valence-electron chi connectivity index (χ2n) is 7.70. The van der Waals surface area contributed by atoms with Crippen LogP contribution in [-0.2, 0) is 4.79 Å². The minimum Gasteiger partial charge on any atom is -0.378 e. The maximum absolute atomic E-state index is 12.4. The molecule has 1 fully saturated rings.